The second-order valence-electron chi connectivity index (χ2n) is 11.3. The molecule has 3 aliphatic heterocycles. The summed E-state index contributed by atoms with van der Waals surface area (Å²) in [5, 5.41) is 15.1. The Kier molecular flexibility index (Phi) is 5.95. The van der Waals surface area contributed by atoms with E-state index in [1.807, 2.05) is 6.07 Å². The predicted octanol–water partition coefficient (Wildman–Crippen LogP) is 5.06. The average Bonchev–Trinajstić information content (AvgIpc) is 3.56. The number of nitrogens with one attached hydrogen (secondary N) is 1. The van der Waals surface area contributed by atoms with Gasteiger partial charge in [-0.1, -0.05) is 17.5 Å². The van der Waals surface area contributed by atoms with Crippen molar-refractivity contribution in [3.8, 4) is 28.8 Å². The summed E-state index contributed by atoms with van der Waals surface area (Å²) in [6, 6.07) is 6.18. The topological polar surface area (TPSA) is 64.5 Å². The normalized spacial score (nSPS) is 25.1. The zero-order valence-electron chi connectivity index (χ0n) is 21.5. The van der Waals surface area contributed by atoms with E-state index in [0.29, 0.717) is 33.7 Å². The van der Waals surface area contributed by atoms with Gasteiger partial charge in [-0.3, -0.25) is 9.88 Å². The van der Waals surface area contributed by atoms with E-state index in [0.717, 1.165) is 69.4 Å². The maximum absolute atomic E-state index is 16.4. The number of fused-ring (bicyclic) bond motifs is 3. The first-order valence-electron chi connectivity index (χ1n) is 13.7. The third-order valence-corrected chi connectivity index (χ3v) is 8.89. The van der Waals surface area contributed by atoms with E-state index in [1.54, 1.807) is 12.3 Å². The second-order valence-corrected chi connectivity index (χ2v) is 11.7. The Labute approximate surface area is 227 Å². The van der Waals surface area contributed by atoms with Crippen LogP contribution >= 0.6 is 11.6 Å². The summed E-state index contributed by atoms with van der Waals surface area (Å²) in [7, 11) is 2.09. The second kappa shape index (κ2) is 9.37. The monoisotopic (exact) mass is 531 g/mol. The summed E-state index contributed by atoms with van der Waals surface area (Å²) in [5.41, 5.74) is 3.36. The Hall–Kier alpha value is -2.92. The van der Waals surface area contributed by atoms with Gasteiger partial charge in [0.2, 0.25) is 0 Å². The lowest BCUT2D eigenvalue weighted by Gasteiger charge is -2.35. The molecule has 2 N–H and O–H groups in total. The van der Waals surface area contributed by atoms with E-state index in [1.165, 1.54) is 6.07 Å². The Morgan fingerprint density at radius 3 is 2.61 bits per heavy atom. The van der Waals surface area contributed by atoms with Crippen LogP contribution < -0.4 is 10.2 Å². The number of hydrogen-bond donors (Lipinski definition) is 2. The molecule has 3 unspecified atom stereocenters. The zero-order valence-corrected chi connectivity index (χ0v) is 22.2. The van der Waals surface area contributed by atoms with Crippen LogP contribution in [0, 0.1) is 17.7 Å². The summed E-state index contributed by atoms with van der Waals surface area (Å²) >= 11 is 6.53. The predicted molar refractivity (Wildman–Crippen MR) is 148 cm³/mol. The molecular formula is C30H31ClFN5O. The first kappa shape index (κ1) is 24.1. The Bertz CT molecular complexity index is 1480. The van der Waals surface area contributed by atoms with E-state index in [9.17, 15) is 5.11 Å². The highest BCUT2D eigenvalue weighted by molar-refractivity contribution is 6.32. The molecule has 0 radical (unpaired) electrons. The number of phenols is 1. The smallest absolute Gasteiger partial charge is 0.175 e. The average molecular weight is 532 g/mol. The van der Waals surface area contributed by atoms with Crippen molar-refractivity contribution in [1.29, 1.82) is 0 Å². The lowest BCUT2D eigenvalue weighted by molar-refractivity contribution is 0.365. The number of halogens is 2. The number of hydrogen-bond acceptors (Lipinski definition) is 6. The minimum atomic E-state index is -0.493. The van der Waals surface area contributed by atoms with Crippen LogP contribution in [0.15, 0.2) is 24.4 Å². The first-order chi connectivity index (χ1) is 18.4. The molecule has 5 heterocycles. The van der Waals surface area contributed by atoms with Gasteiger partial charge in [-0.25, -0.2) is 9.37 Å². The van der Waals surface area contributed by atoms with Crippen LogP contribution in [0.25, 0.3) is 22.2 Å². The van der Waals surface area contributed by atoms with Crippen molar-refractivity contribution in [2.24, 2.45) is 0 Å². The van der Waals surface area contributed by atoms with E-state index in [2.05, 4.69) is 39.0 Å². The summed E-state index contributed by atoms with van der Waals surface area (Å²) < 4.78 is 16.4. The number of likely N-dealkylation sites (tertiary alicyclic amines) is 1. The molecule has 38 heavy (non-hydrogen) atoms. The third kappa shape index (κ3) is 4.29. The molecule has 4 fully saturated rings. The van der Waals surface area contributed by atoms with Crippen molar-refractivity contribution in [3.63, 3.8) is 0 Å². The Morgan fingerprint density at radius 1 is 1.11 bits per heavy atom. The lowest BCUT2D eigenvalue weighted by Crippen LogP contribution is -2.51. The Morgan fingerprint density at radius 2 is 1.89 bits per heavy atom. The molecule has 3 saturated heterocycles. The molecule has 7 rings (SSSR count). The molecule has 1 aliphatic carbocycles. The van der Waals surface area contributed by atoms with Crippen molar-refractivity contribution in [1.82, 2.24) is 20.2 Å². The van der Waals surface area contributed by atoms with E-state index in [-0.39, 0.29) is 28.9 Å². The molecule has 1 saturated carbocycles. The van der Waals surface area contributed by atoms with Gasteiger partial charge in [0.05, 0.1) is 11.7 Å². The number of piperazine rings is 1. The number of benzene rings is 1. The van der Waals surface area contributed by atoms with E-state index in [4.69, 9.17) is 16.6 Å². The van der Waals surface area contributed by atoms with Crippen LogP contribution in [0.2, 0.25) is 5.02 Å². The van der Waals surface area contributed by atoms with Gasteiger partial charge in [0.1, 0.15) is 22.7 Å². The van der Waals surface area contributed by atoms with Gasteiger partial charge >= 0.3 is 0 Å². The molecule has 8 heteroatoms. The largest absolute Gasteiger partial charge is 0.508 e. The molecule has 6 nitrogen and oxygen atoms in total. The third-order valence-electron chi connectivity index (χ3n) is 8.57. The highest BCUT2D eigenvalue weighted by Crippen LogP contribution is 2.49. The Balaban J connectivity index is 1.39. The number of pyridine rings is 2. The fourth-order valence-corrected chi connectivity index (χ4v) is 6.85. The van der Waals surface area contributed by atoms with Crippen molar-refractivity contribution in [3.05, 3.63) is 46.5 Å². The molecule has 1 aromatic carbocycles. The molecular weight excluding hydrogens is 501 g/mol. The van der Waals surface area contributed by atoms with Crippen LogP contribution in [-0.2, 0) is 0 Å². The molecule has 0 spiro atoms. The number of nitrogens with zero attached hydrogens (tertiary/aromatic N) is 4. The minimum Gasteiger partial charge on any atom is -0.508 e. The molecule has 4 aliphatic rings. The first-order valence-corrected chi connectivity index (χ1v) is 14.1. The van der Waals surface area contributed by atoms with Gasteiger partial charge in [-0.05, 0) is 87.7 Å². The molecule has 2 bridgehead atoms. The van der Waals surface area contributed by atoms with E-state index >= 15 is 4.39 Å². The fourth-order valence-electron chi connectivity index (χ4n) is 6.48. The standard InChI is InChI=1S/C30H31ClFN5O/c1-36-10-2-3-21(36)9-8-18-11-26(37-15-19-6-7-20(16-37)34-19)24-14-33-29(28(32)30(24)35-18)23-12-22(38)13-25(31)27(23)17-4-5-17/h11-14,17,19-21,34,38H,2-7,10,15-16H2,1H3. The maximum Gasteiger partial charge on any atom is 0.175 e. The quantitative estimate of drug-likeness (QED) is 0.461. The molecule has 3 atom stereocenters. The van der Waals surface area contributed by atoms with Crippen molar-refractivity contribution >= 4 is 28.2 Å². The maximum atomic E-state index is 16.4. The molecule has 3 aromatic rings. The van der Waals surface area contributed by atoms with Crippen molar-refractivity contribution < 1.29 is 9.50 Å². The van der Waals surface area contributed by atoms with Gasteiger partial charge in [0.15, 0.2) is 5.82 Å². The fraction of sp³-hybridized carbons (Fsp3) is 0.467. The van der Waals surface area contributed by atoms with Gasteiger partial charge in [0, 0.05) is 47.3 Å². The van der Waals surface area contributed by atoms with Crippen LogP contribution in [0.3, 0.4) is 0 Å². The van der Waals surface area contributed by atoms with Crippen LogP contribution in [0.5, 0.6) is 5.75 Å². The van der Waals surface area contributed by atoms with Crippen LogP contribution in [-0.4, -0.2) is 64.8 Å². The van der Waals surface area contributed by atoms with Crippen molar-refractivity contribution in [2.45, 2.75) is 62.6 Å². The zero-order chi connectivity index (χ0) is 26.0. The summed E-state index contributed by atoms with van der Waals surface area (Å²) in [6.07, 6.45) is 8.21. The van der Waals surface area contributed by atoms with Gasteiger partial charge in [-0.2, -0.15) is 0 Å². The van der Waals surface area contributed by atoms with Crippen LogP contribution in [0.4, 0.5) is 10.1 Å². The van der Waals surface area contributed by atoms with Gasteiger partial charge in [-0.15, -0.1) is 0 Å². The highest BCUT2D eigenvalue weighted by atomic mass is 35.5. The van der Waals surface area contributed by atoms with Gasteiger partial charge < -0.3 is 15.3 Å². The number of aromatic hydroxyl groups is 1. The number of rotatable bonds is 3. The summed E-state index contributed by atoms with van der Waals surface area (Å²) in [4.78, 5) is 14.0. The lowest BCUT2D eigenvalue weighted by atomic mass is 9.98. The number of phenolic OH excluding ortho intramolecular Hbond substituents is 1. The molecule has 196 valence electrons. The molecule has 2 aromatic heterocycles. The van der Waals surface area contributed by atoms with Crippen LogP contribution in [0.1, 0.15) is 55.7 Å². The molecule has 0 amide bonds. The number of aromatic nitrogens is 2. The number of anilines is 1. The van der Waals surface area contributed by atoms with Crippen molar-refractivity contribution in [2.75, 3.05) is 31.6 Å². The summed E-state index contributed by atoms with van der Waals surface area (Å²) in [6.45, 7) is 2.77. The summed E-state index contributed by atoms with van der Waals surface area (Å²) in [5.74, 6) is 6.42. The van der Waals surface area contributed by atoms with E-state index < -0.39 is 5.82 Å². The highest BCUT2D eigenvalue weighted by Gasteiger charge is 2.34. The minimum absolute atomic E-state index is 0.000868. The van der Waals surface area contributed by atoms with Gasteiger partial charge in [0.25, 0.3) is 0 Å². The SMILES string of the molecule is CN1CCCC1C#Cc1cc(N2CC3CCC(C2)N3)c2cnc(-c3cc(O)cc(Cl)c3C3CC3)c(F)c2n1.